The van der Waals surface area contributed by atoms with Crippen molar-refractivity contribution in [3.63, 3.8) is 0 Å². The molecule has 1 fully saturated rings. The van der Waals surface area contributed by atoms with Gasteiger partial charge in [0.25, 0.3) is 0 Å². The van der Waals surface area contributed by atoms with Gasteiger partial charge < -0.3 is 4.74 Å². The van der Waals surface area contributed by atoms with Gasteiger partial charge in [0, 0.05) is 5.92 Å². The third kappa shape index (κ3) is 3.06. The lowest BCUT2D eigenvalue weighted by atomic mass is 9.74. The van der Waals surface area contributed by atoms with Gasteiger partial charge in [-0.05, 0) is 50.7 Å². The Labute approximate surface area is 134 Å². The maximum atomic E-state index is 12.5. The molecule has 2 aliphatic rings. The van der Waals surface area contributed by atoms with Gasteiger partial charge in [0.15, 0.2) is 0 Å². The van der Waals surface area contributed by atoms with Crippen LogP contribution in [0, 0.1) is 17.3 Å². The maximum Gasteiger partial charge on any atom is 0.311 e. The van der Waals surface area contributed by atoms with E-state index in [2.05, 4.69) is 24.3 Å². The summed E-state index contributed by atoms with van der Waals surface area (Å²) in [7, 11) is 0. The van der Waals surface area contributed by atoms with E-state index in [4.69, 9.17) is 4.74 Å². The fourth-order valence-electron chi connectivity index (χ4n) is 4.06. The van der Waals surface area contributed by atoms with Crippen molar-refractivity contribution in [1.29, 1.82) is 0 Å². The lowest BCUT2D eigenvalue weighted by Gasteiger charge is -2.37. The lowest BCUT2D eigenvalue weighted by molar-refractivity contribution is -0.164. The van der Waals surface area contributed by atoms with Crippen LogP contribution in [-0.4, -0.2) is 5.97 Å². The van der Waals surface area contributed by atoms with Crippen LogP contribution in [0.5, 0.6) is 0 Å². The molecule has 22 heavy (non-hydrogen) atoms. The monoisotopic (exact) mass is 300 g/mol. The number of esters is 1. The van der Waals surface area contributed by atoms with Crippen LogP contribution in [0.25, 0.3) is 0 Å². The predicted molar refractivity (Wildman–Crippen MR) is 88.5 cm³/mol. The molecule has 2 heteroatoms. The molecular formula is C20H28O2. The van der Waals surface area contributed by atoms with E-state index in [0.717, 1.165) is 18.8 Å². The highest BCUT2D eigenvalue weighted by atomic mass is 16.5. The molecule has 0 heterocycles. The van der Waals surface area contributed by atoms with E-state index in [1.54, 1.807) is 0 Å². The van der Waals surface area contributed by atoms with Crippen LogP contribution in [0.4, 0.5) is 0 Å². The van der Waals surface area contributed by atoms with Gasteiger partial charge in [-0.3, -0.25) is 4.79 Å². The summed E-state index contributed by atoms with van der Waals surface area (Å²) in [4.78, 5) is 12.5. The van der Waals surface area contributed by atoms with Crippen LogP contribution in [0.2, 0.25) is 0 Å². The molecule has 0 amide bonds. The average Bonchev–Trinajstić information content (AvgIpc) is 3.00. The zero-order valence-corrected chi connectivity index (χ0v) is 14.1. The standard InChI is InChI=1S/C20H28O2/c1-20(2,3)19(21)22-18-16-11-7-6-10-15(16)12-13-17(18)14-8-4-5-9-14/h6-7,10-11,14,17-18H,4-5,8-9,12-13H2,1-3H3. The van der Waals surface area contributed by atoms with Crippen molar-refractivity contribution in [3.8, 4) is 0 Å². The summed E-state index contributed by atoms with van der Waals surface area (Å²) in [6.45, 7) is 5.82. The number of benzene rings is 1. The smallest absolute Gasteiger partial charge is 0.311 e. The summed E-state index contributed by atoms with van der Waals surface area (Å²) < 4.78 is 6.07. The van der Waals surface area contributed by atoms with Crippen LogP contribution in [0.15, 0.2) is 24.3 Å². The van der Waals surface area contributed by atoms with Gasteiger partial charge in [-0.2, -0.15) is 0 Å². The van der Waals surface area contributed by atoms with Gasteiger partial charge >= 0.3 is 5.97 Å². The van der Waals surface area contributed by atoms with Crippen molar-refractivity contribution in [2.75, 3.05) is 0 Å². The number of carbonyl (C=O) groups excluding carboxylic acids is 1. The highest BCUT2D eigenvalue weighted by Gasteiger charge is 2.39. The second kappa shape index (κ2) is 6.06. The van der Waals surface area contributed by atoms with Crippen LogP contribution >= 0.6 is 0 Å². The molecule has 0 N–H and O–H groups in total. The molecule has 120 valence electrons. The van der Waals surface area contributed by atoms with Crippen molar-refractivity contribution >= 4 is 5.97 Å². The average molecular weight is 300 g/mol. The van der Waals surface area contributed by atoms with Crippen molar-refractivity contribution < 1.29 is 9.53 Å². The quantitative estimate of drug-likeness (QED) is 0.713. The Morgan fingerprint density at radius 3 is 2.45 bits per heavy atom. The third-order valence-corrected chi connectivity index (χ3v) is 5.35. The topological polar surface area (TPSA) is 26.3 Å². The van der Waals surface area contributed by atoms with Crippen LogP contribution in [0.1, 0.15) is 70.1 Å². The highest BCUT2D eigenvalue weighted by molar-refractivity contribution is 5.75. The number of carbonyl (C=O) groups is 1. The zero-order valence-electron chi connectivity index (χ0n) is 14.1. The number of aryl methyl sites for hydroxylation is 1. The molecule has 0 aliphatic heterocycles. The molecule has 1 aromatic carbocycles. The van der Waals surface area contributed by atoms with Gasteiger partial charge in [-0.1, -0.05) is 49.9 Å². The largest absolute Gasteiger partial charge is 0.457 e. The van der Waals surface area contributed by atoms with Gasteiger partial charge in [-0.15, -0.1) is 0 Å². The first-order valence-corrected chi connectivity index (χ1v) is 8.75. The number of hydrogen-bond donors (Lipinski definition) is 0. The summed E-state index contributed by atoms with van der Waals surface area (Å²) in [6.07, 6.45) is 7.52. The molecule has 2 atom stereocenters. The third-order valence-electron chi connectivity index (χ3n) is 5.35. The number of hydrogen-bond acceptors (Lipinski definition) is 2. The molecule has 0 bridgehead atoms. The summed E-state index contributed by atoms with van der Waals surface area (Å²) in [5, 5.41) is 0. The van der Waals surface area contributed by atoms with Gasteiger partial charge in [-0.25, -0.2) is 0 Å². The lowest BCUT2D eigenvalue weighted by Crippen LogP contribution is -2.33. The fraction of sp³-hybridized carbons (Fsp3) is 0.650. The van der Waals surface area contributed by atoms with E-state index in [1.165, 1.54) is 36.8 Å². The van der Waals surface area contributed by atoms with Crippen molar-refractivity contribution in [2.24, 2.45) is 17.3 Å². The number of fused-ring (bicyclic) bond motifs is 1. The normalized spacial score (nSPS) is 25.8. The van der Waals surface area contributed by atoms with Gasteiger partial charge in [0.1, 0.15) is 6.10 Å². The van der Waals surface area contributed by atoms with Crippen molar-refractivity contribution in [2.45, 2.75) is 65.4 Å². The summed E-state index contributed by atoms with van der Waals surface area (Å²) in [5.74, 6) is 1.16. The Kier molecular flexibility index (Phi) is 4.29. The molecule has 0 radical (unpaired) electrons. The summed E-state index contributed by atoms with van der Waals surface area (Å²) >= 11 is 0. The van der Waals surface area contributed by atoms with E-state index in [-0.39, 0.29) is 12.1 Å². The number of ether oxygens (including phenoxy) is 1. The van der Waals surface area contributed by atoms with Crippen LogP contribution in [0.3, 0.4) is 0 Å². The minimum absolute atomic E-state index is 0.0419. The molecular weight excluding hydrogens is 272 g/mol. The Morgan fingerprint density at radius 2 is 1.77 bits per heavy atom. The van der Waals surface area contributed by atoms with Gasteiger partial charge in [0.05, 0.1) is 5.41 Å². The molecule has 0 aromatic heterocycles. The molecule has 0 saturated heterocycles. The van der Waals surface area contributed by atoms with E-state index >= 15 is 0 Å². The molecule has 3 rings (SSSR count). The first-order valence-electron chi connectivity index (χ1n) is 8.75. The first kappa shape index (κ1) is 15.6. The van der Waals surface area contributed by atoms with E-state index in [9.17, 15) is 4.79 Å². The number of rotatable bonds is 2. The Morgan fingerprint density at radius 1 is 1.09 bits per heavy atom. The maximum absolute atomic E-state index is 12.5. The van der Waals surface area contributed by atoms with E-state index in [0.29, 0.717) is 5.92 Å². The van der Waals surface area contributed by atoms with Crippen LogP contribution < -0.4 is 0 Å². The summed E-state index contributed by atoms with van der Waals surface area (Å²) in [5.41, 5.74) is 2.18. The molecule has 2 nitrogen and oxygen atoms in total. The minimum Gasteiger partial charge on any atom is -0.457 e. The molecule has 0 spiro atoms. The Bertz CT molecular complexity index is 535. The second-order valence-corrected chi connectivity index (χ2v) is 8.02. The molecule has 1 aromatic rings. The van der Waals surface area contributed by atoms with Crippen molar-refractivity contribution in [1.82, 2.24) is 0 Å². The minimum atomic E-state index is -0.438. The zero-order chi connectivity index (χ0) is 15.7. The van der Waals surface area contributed by atoms with Crippen molar-refractivity contribution in [3.05, 3.63) is 35.4 Å². The fourth-order valence-corrected chi connectivity index (χ4v) is 4.06. The predicted octanol–water partition coefficient (Wildman–Crippen LogP) is 5.07. The van der Waals surface area contributed by atoms with Gasteiger partial charge in [0.2, 0.25) is 0 Å². The van der Waals surface area contributed by atoms with E-state index < -0.39 is 5.41 Å². The summed E-state index contributed by atoms with van der Waals surface area (Å²) in [6, 6.07) is 8.53. The molecule has 1 saturated carbocycles. The molecule has 2 unspecified atom stereocenters. The molecule has 2 aliphatic carbocycles. The Balaban J connectivity index is 1.89. The van der Waals surface area contributed by atoms with Crippen LogP contribution in [-0.2, 0) is 16.0 Å². The Hall–Kier alpha value is -1.31. The highest BCUT2D eigenvalue weighted by Crippen LogP contribution is 2.46. The van der Waals surface area contributed by atoms with E-state index in [1.807, 2.05) is 20.8 Å². The SMILES string of the molecule is CC(C)(C)C(=O)OC1c2ccccc2CCC1C1CCCC1. The first-order chi connectivity index (χ1) is 10.5. The second-order valence-electron chi connectivity index (χ2n) is 8.02.